The van der Waals surface area contributed by atoms with Gasteiger partial charge in [0, 0.05) is 24.3 Å². The van der Waals surface area contributed by atoms with Gasteiger partial charge in [0.2, 0.25) is 0 Å². The molecule has 1 saturated heterocycles. The molecule has 1 aliphatic heterocycles. The first-order valence-corrected chi connectivity index (χ1v) is 10.1. The summed E-state index contributed by atoms with van der Waals surface area (Å²) < 4.78 is 5.37. The molecule has 1 aromatic heterocycles. The number of aromatic nitrogens is 2. The van der Waals surface area contributed by atoms with Crippen molar-refractivity contribution in [2.45, 2.75) is 27.3 Å². The van der Waals surface area contributed by atoms with Crippen molar-refractivity contribution in [1.29, 1.82) is 0 Å². The molecular weight excluding hydrogens is 380 g/mol. The number of carbonyl (C=O) groups is 1. The molecule has 2 N–H and O–H groups in total. The molecule has 0 unspecified atom stereocenters. The number of aryl methyl sites for hydroxylation is 3. The van der Waals surface area contributed by atoms with Crippen molar-refractivity contribution in [3.05, 3.63) is 68.8 Å². The minimum Gasteiger partial charge on any atom is -0.379 e. The van der Waals surface area contributed by atoms with Crippen molar-refractivity contribution >= 4 is 22.5 Å². The summed E-state index contributed by atoms with van der Waals surface area (Å²) in [5, 5.41) is 3.48. The molecule has 30 heavy (non-hydrogen) atoms. The molecule has 1 fully saturated rings. The third-order valence-electron chi connectivity index (χ3n) is 5.41. The maximum atomic E-state index is 12.9. The van der Waals surface area contributed by atoms with Crippen molar-refractivity contribution in [1.82, 2.24) is 14.9 Å². The summed E-state index contributed by atoms with van der Waals surface area (Å²) in [6, 6.07) is 9.09. The molecular formula is C23H26N4O3. The van der Waals surface area contributed by atoms with Gasteiger partial charge in [0.1, 0.15) is 5.82 Å². The summed E-state index contributed by atoms with van der Waals surface area (Å²) in [6.45, 7) is 9.52. The lowest BCUT2D eigenvalue weighted by Crippen LogP contribution is -2.36. The predicted octanol–water partition coefficient (Wildman–Crippen LogP) is 2.93. The summed E-state index contributed by atoms with van der Waals surface area (Å²) in [5.74, 6) is 0.376. The smallest absolute Gasteiger partial charge is 0.258 e. The van der Waals surface area contributed by atoms with E-state index in [1.807, 2.05) is 32.9 Å². The van der Waals surface area contributed by atoms with Crippen LogP contribution >= 0.6 is 0 Å². The summed E-state index contributed by atoms with van der Waals surface area (Å²) in [4.78, 5) is 35.0. The van der Waals surface area contributed by atoms with Gasteiger partial charge in [-0.15, -0.1) is 0 Å². The largest absolute Gasteiger partial charge is 0.379 e. The Kier molecular flexibility index (Phi) is 5.65. The number of amides is 1. The highest BCUT2D eigenvalue weighted by atomic mass is 16.5. The van der Waals surface area contributed by atoms with E-state index in [1.54, 1.807) is 18.2 Å². The first-order valence-electron chi connectivity index (χ1n) is 10.1. The van der Waals surface area contributed by atoms with Crippen molar-refractivity contribution in [3.8, 4) is 0 Å². The van der Waals surface area contributed by atoms with Gasteiger partial charge in [0.15, 0.2) is 0 Å². The molecule has 1 amide bonds. The number of ether oxygens (including phenoxy) is 1. The van der Waals surface area contributed by atoms with Crippen LogP contribution in [-0.4, -0.2) is 47.1 Å². The topological polar surface area (TPSA) is 87.3 Å². The Bertz CT molecular complexity index is 1140. The zero-order valence-electron chi connectivity index (χ0n) is 17.5. The van der Waals surface area contributed by atoms with Gasteiger partial charge in [-0.2, -0.15) is 0 Å². The number of nitrogens with zero attached hydrogens (tertiary/aromatic N) is 2. The van der Waals surface area contributed by atoms with Gasteiger partial charge in [-0.1, -0.05) is 17.7 Å². The van der Waals surface area contributed by atoms with Gasteiger partial charge < -0.3 is 15.0 Å². The zero-order valence-corrected chi connectivity index (χ0v) is 17.5. The second-order valence-electron chi connectivity index (χ2n) is 7.86. The van der Waals surface area contributed by atoms with Crippen molar-refractivity contribution in [3.63, 3.8) is 0 Å². The van der Waals surface area contributed by atoms with Crippen LogP contribution in [0.25, 0.3) is 10.9 Å². The predicted molar refractivity (Wildman–Crippen MR) is 117 cm³/mol. The molecule has 156 valence electrons. The number of H-pyrrole nitrogens is 1. The lowest BCUT2D eigenvalue weighted by molar-refractivity contribution is 0.0331. The molecule has 4 rings (SSSR count). The number of morpholine rings is 1. The minimum absolute atomic E-state index is 0.194. The molecule has 2 heterocycles. The van der Waals surface area contributed by atoms with E-state index in [4.69, 9.17) is 4.74 Å². The molecule has 3 aromatic rings. The molecule has 0 bridgehead atoms. The fraction of sp³-hybridized carbons (Fsp3) is 0.348. The fourth-order valence-corrected chi connectivity index (χ4v) is 3.94. The number of anilines is 1. The average Bonchev–Trinajstić information content (AvgIpc) is 2.71. The minimum atomic E-state index is -0.219. The van der Waals surface area contributed by atoms with Crippen LogP contribution in [0.5, 0.6) is 0 Å². The lowest BCUT2D eigenvalue weighted by Gasteiger charge is -2.25. The molecule has 1 aliphatic rings. The molecule has 0 saturated carbocycles. The quantitative estimate of drug-likeness (QED) is 0.696. The summed E-state index contributed by atoms with van der Waals surface area (Å²) in [5.41, 5.74) is 4.81. The molecule has 0 radical (unpaired) electrons. The van der Waals surface area contributed by atoms with Gasteiger partial charge in [-0.3, -0.25) is 14.5 Å². The van der Waals surface area contributed by atoms with E-state index in [1.165, 1.54) is 0 Å². The SMILES string of the molecule is Cc1cc(C)c(NC(=O)c2ccc3c(=O)[nH]c(CN4CCOCC4)nc3c2)c(C)c1. The fourth-order valence-electron chi connectivity index (χ4n) is 3.94. The van der Waals surface area contributed by atoms with E-state index in [0.29, 0.717) is 42.0 Å². The van der Waals surface area contributed by atoms with E-state index in [9.17, 15) is 9.59 Å². The van der Waals surface area contributed by atoms with Crippen molar-refractivity contribution in [2.24, 2.45) is 0 Å². The van der Waals surface area contributed by atoms with Gasteiger partial charge in [0.25, 0.3) is 11.5 Å². The number of hydrogen-bond acceptors (Lipinski definition) is 5. The molecule has 7 heteroatoms. The monoisotopic (exact) mass is 406 g/mol. The van der Waals surface area contributed by atoms with Crippen LogP contribution < -0.4 is 10.9 Å². The Morgan fingerprint density at radius 1 is 1.13 bits per heavy atom. The number of nitrogens with one attached hydrogen (secondary N) is 2. The van der Waals surface area contributed by atoms with Crippen molar-refractivity contribution < 1.29 is 9.53 Å². The molecule has 7 nitrogen and oxygen atoms in total. The first kappa shape index (κ1) is 20.3. The second-order valence-corrected chi connectivity index (χ2v) is 7.86. The first-order chi connectivity index (χ1) is 14.4. The standard InChI is InChI=1S/C23H26N4O3/c1-14-10-15(2)21(16(3)11-14)26-22(28)17-4-5-18-19(12-17)24-20(25-23(18)29)13-27-6-8-30-9-7-27/h4-5,10-12H,6-9,13H2,1-3H3,(H,26,28)(H,24,25,29). The van der Waals surface area contributed by atoms with Crippen LogP contribution in [0.1, 0.15) is 32.9 Å². The highest BCUT2D eigenvalue weighted by Gasteiger charge is 2.15. The van der Waals surface area contributed by atoms with Gasteiger partial charge in [-0.05, 0) is 50.1 Å². The highest BCUT2D eigenvalue weighted by molar-refractivity contribution is 6.06. The Labute approximate surface area is 175 Å². The van der Waals surface area contributed by atoms with Crippen LogP contribution in [0.15, 0.2) is 35.1 Å². The van der Waals surface area contributed by atoms with E-state index in [-0.39, 0.29) is 11.5 Å². The Morgan fingerprint density at radius 2 is 1.83 bits per heavy atom. The maximum Gasteiger partial charge on any atom is 0.258 e. The van der Waals surface area contributed by atoms with Crippen LogP contribution in [-0.2, 0) is 11.3 Å². The van der Waals surface area contributed by atoms with E-state index in [2.05, 4.69) is 20.2 Å². The summed E-state index contributed by atoms with van der Waals surface area (Å²) >= 11 is 0. The summed E-state index contributed by atoms with van der Waals surface area (Å²) in [7, 11) is 0. The zero-order chi connectivity index (χ0) is 21.3. The number of rotatable bonds is 4. The van der Waals surface area contributed by atoms with Crippen LogP contribution in [0.4, 0.5) is 5.69 Å². The lowest BCUT2D eigenvalue weighted by atomic mass is 10.0. The Balaban J connectivity index is 1.61. The molecule has 0 aliphatic carbocycles. The highest BCUT2D eigenvalue weighted by Crippen LogP contribution is 2.23. The number of aromatic amines is 1. The number of carbonyl (C=O) groups excluding carboxylic acids is 1. The van der Waals surface area contributed by atoms with E-state index >= 15 is 0 Å². The average molecular weight is 406 g/mol. The normalized spacial score (nSPS) is 14.8. The third kappa shape index (κ3) is 4.27. The Hall–Kier alpha value is -3.03. The van der Waals surface area contributed by atoms with Gasteiger partial charge >= 0.3 is 0 Å². The third-order valence-corrected chi connectivity index (χ3v) is 5.41. The molecule has 0 spiro atoms. The van der Waals surface area contributed by atoms with Gasteiger partial charge in [0.05, 0.1) is 30.7 Å². The van der Waals surface area contributed by atoms with Crippen molar-refractivity contribution in [2.75, 3.05) is 31.6 Å². The van der Waals surface area contributed by atoms with Crippen LogP contribution in [0.2, 0.25) is 0 Å². The second kappa shape index (κ2) is 8.38. The van der Waals surface area contributed by atoms with E-state index in [0.717, 1.165) is 35.5 Å². The molecule has 2 aromatic carbocycles. The number of hydrogen-bond donors (Lipinski definition) is 2. The van der Waals surface area contributed by atoms with Crippen LogP contribution in [0.3, 0.4) is 0 Å². The molecule has 0 atom stereocenters. The Morgan fingerprint density at radius 3 is 2.53 bits per heavy atom. The number of benzene rings is 2. The van der Waals surface area contributed by atoms with Gasteiger partial charge in [-0.25, -0.2) is 4.98 Å². The van der Waals surface area contributed by atoms with Crippen LogP contribution in [0, 0.1) is 20.8 Å². The number of fused-ring (bicyclic) bond motifs is 1. The summed E-state index contributed by atoms with van der Waals surface area (Å²) in [6.07, 6.45) is 0. The maximum absolute atomic E-state index is 12.9. The van der Waals surface area contributed by atoms with E-state index < -0.39 is 0 Å².